The van der Waals surface area contributed by atoms with E-state index in [9.17, 15) is 14.0 Å². The molecule has 0 unspecified atom stereocenters. The normalized spacial score (nSPS) is 15.1. The highest BCUT2D eigenvalue weighted by molar-refractivity contribution is 6.35. The zero-order valence-corrected chi connectivity index (χ0v) is 10.4. The Bertz CT molecular complexity index is 750. The van der Waals surface area contributed by atoms with Crippen molar-refractivity contribution in [1.29, 1.82) is 0 Å². The van der Waals surface area contributed by atoms with Gasteiger partial charge >= 0.3 is 0 Å². The minimum absolute atomic E-state index is 0.0443. The van der Waals surface area contributed by atoms with E-state index < -0.39 is 11.6 Å². The van der Waals surface area contributed by atoms with Gasteiger partial charge in [0.05, 0.1) is 11.1 Å². The molecule has 2 aromatic carbocycles. The van der Waals surface area contributed by atoms with Gasteiger partial charge < -0.3 is 5.32 Å². The van der Waals surface area contributed by atoms with Crippen molar-refractivity contribution in [3.05, 3.63) is 71.6 Å². The van der Waals surface area contributed by atoms with Crippen molar-refractivity contribution in [3.63, 3.8) is 0 Å². The third-order valence-electron chi connectivity index (χ3n) is 3.12. The molecule has 0 fully saturated rings. The molecule has 1 N–H and O–H groups in total. The maximum Gasteiger partial charge on any atom is 0.256 e. The number of fused-ring (bicyclic) bond motifs is 1. The van der Waals surface area contributed by atoms with E-state index in [0.717, 1.165) is 0 Å². The van der Waals surface area contributed by atoms with Crippen molar-refractivity contribution in [2.24, 2.45) is 0 Å². The average Bonchev–Trinajstić information content (AvgIpc) is 2.76. The number of carbonyl (C=O) groups is 2. The van der Waals surface area contributed by atoms with E-state index in [1.54, 1.807) is 30.3 Å². The first kappa shape index (κ1) is 12.3. The van der Waals surface area contributed by atoms with Crippen LogP contribution in [0.2, 0.25) is 0 Å². The third kappa shape index (κ3) is 2.01. The summed E-state index contributed by atoms with van der Waals surface area (Å²) in [7, 11) is 0. The highest BCUT2D eigenvalue weighted by atomic mass is 19.1. The number of ketones is 1. The van der Waals surface area contributed by atoms with Crippen LogP contribution in [-0.2, 0) is 4.79 Å². The molecule has 1 amide bonds. The fraction of sp³-hybridized carbons (Fsp3) is 0. The van der Waals surface area contributed by atoms with E-state index in [1.165, 1.54) is 24.3 Å². The number of nitrogens with one attached hydrogen (secondary N) is 1. The minimum atomic E-state index is -0.596. The average molecular weight is 267 g/mol. The number of rotatable bonds is 2. The molecular formula is C16H10FNO2. The minimum Gasteiger partial charge on any atom is -0.321 e. The van der Waals surface area contributed by atoms with Gasteiger partial charge in [-0.25, -0.2) is 4.39 Å². The number of allylic oxidation sites excluding steroid dienone is 1. The summed E-state index contributed by atoms with van der Waals surface area (Å²) in [5, 5.41) is 2.67. The number of para-hydroxylation sites is 1. The smallest absolute Gasteiger partial charge is 0.256 e. The third-order valence-corrected chi connectivity index (χ3v) is 3.12. The molecule has 1 aliphatic heterocycles. The van der Waals surface area contributed by atoms with Crippen LogP contribution in [0.1, 0.15) is 15.9 Å². The topological polar surface area (TPSA) is 46.2 Å². The van der Waals surface area contributed by atoms with Gasteiger partial charge in [0.1, 0.15) is 5.82 Å². The number of benzene rings is 2. The summed E-state index contributed by atoms with van der Waals surface area (Å²) in [4.78, 5) is 23.9. The largest absolute Gasteiger partial charge is 0.321 e. The fourth-order valence-corrected chi connectivity index (χ4v) is 2.15. The molecule has 0 spiro atoms. The lowest BCUT2D eigenvalue weighted by Crippen LogP contribution is -2.06. The van der Waals surface area contributed by atoms with Crippen LogP contribution < -0.4 is 5.32 Å². The maximum absolute atomic E-state index is 13.6. The summed E-state index contributed by atoms with van der Waals surface area (Å²) in [6, 6.07) is 12.8. The molecule has 2 aromatic rings. The van der Waals surface area contributed by atoms with Crippen LogP contribution in [0.4, 0.5) is 10.1 Å². The summed E-state index contributed by atoms with van der Waals surface area (Å²) in [6.45, 7) is 0. The Morgan fingerprint density at radius 2 is 1.75 bits per heavy atom. The quantitative estimate of drug-likeness (QED) is 0.671. The van der Waals surface area contributed by atoms with Crippen molar-refractivity contribution in [3.8, 4) is 0 Å². The van der Waals surface area contributed by atoms with Gasteiger partial charge in [-0.3, -0.25) is 9.59 Å². The van der Waals surface area contributed by atoms with E-state index >= 15 is 0 Å². The summed E-state index contributed by atoms with van der Waals surface area (Å²) < 4.78 is 13.6. The monoisotopic (exact) mass is 267 g/mol. The van der Waals surface area contributed by atoms with Crippen LogP contribution in [0.5, 0.6) is 0 Å². The second-order valence-corrected chi connectivity index (χ2v) is 4.40. The molecule has 0 atom stereocenters. The van der Waals surface area contributed by atoms with Gasteiger partial charge in [-0.2, -0.15) is 0 Å². The Kier molecular flexibility index (Phi) is 2.91. The lowest BCUT2D eigenvalue weighted by atomic mass is 10.0. The van der Waals surface area contributed by atoms with Crippen molar-refractivity contribution < 1.29 is 14.0 Å². The Balaban J connectivity index is 2.03. The Hall–Kier alpha value is -2.75. The van der Waals surface area contributed by atoms with Gasteiger partial charge in [0, 0.05) is 11.3 Å². The summed E-state index contributed by atoms with van der Waals surface area (Å²) in [6.07, 6.45) is 1.18. The van der Waals surface area contributed by atoms with Crippen LogP contribution in [0, 0.1) is 5.82 Å². The first-order chi connectivity index (χ1) is 9.66. The first-order valence-electron chi connectivity index (χ1n) is 6.08. The van der Waals surface area contributed by atoms with E-state index in [0.29, 0.717) is 11.3 Å². The van der Waals surface area contributed by atoms with Gasteiger partial charge in [-0.1, -0.05) is 30.3 Å². The lowest BCUT2D eigenvalue weighted by molar-refractivity contribution is -0.110. The number of anilines is 1. The van der Waals surface area contributed by atoms with Crippen molar-refractivity contribution in [2.45, 2.75) is 0 Å². The summed E-state index contributed by atoms with van der Waals surface area (Å²) in [5.74, 6) is -1.47. The molecule has 98 valence electrons. The molecule has 0 aliphatic carbocycles. The van der Waals surface area contributed by atoms with Crippen molar-refractivity contribution in [1.82, 2.24) is 0 Å². The SMILES string of the molecule is O=C1Nc2ccccc2/C1=C\C(=O)c1ccccc1F. The number of hydrogen-bond donors (Lipinski definition) is 1. The van der Waals surface area contributed by atoms with Crippen LogP contribution in [0.25, 0.3) is 5.57 Å². The molecule has 3 nitrogen and oxygen atoms in total. The fourth-order valence-electron chi connectivity index (χ4n) is 2.15. The van der Waals surface area contributed by atoms with Gasteiger partial charge in [-0.15, -0.1) is 0 Å². The zero-order valence-electron chi connectivity index (χ0n) is 10.4. The van der Waals surface area contributed by atoms with Crippen molar-refractivity contribution >= 4 is 23.0 Å². The molecule has 0 radical (unpaired) electrons. The maximum atomic E-state index is 13.6. The van der Waals surface area contributed by atoms with Crippen LogP contribution in [0.15, 0.2) is 54.6 Å². The summed E-state index contributed by atoms with van der Waals surface area (Å²) in [5.41, 5.74) is 1.53. The number of halogens is 1. The first-order valence-corrected chi connectivity index (χ1v) is 6.08. The van der Waals surface area contributed by atoms with Gasteiger partial charge in [0.15, 0.2) is 5.78 Å². The standard InChI is InChI=1S/C16H10FNO2/c17-13-7-3-1-6-11(13)15(19)9-12-10-5-2-4-8-14(10)18-16(12)20/h1-9H,(H,18,20)/b12-9+. The van der Waals surface area contributed by atoms with E-state index in [1.807, 2.05) is 0 Å². The summed E-state index contributed by atoms with van der Waals surface area (Å²) >= 11 is 0. The number of carbonyl (C=O) groups excluding carboxylic acids is 2. The van der Waals surface area contributed by atoms with E-state index in [-0.39, 0.29) is 17.0 Å². The predicted molar refractivity (Wildman–Crippen MR) is 73.8 cm³/mol. The molecule has 20 heavy (non-hydrogen) atoms. The number of hydrogen-bond acceptors (Lipinski definition) is 2. The van der Waals surface area contributed by atoms with Crippen molar-refractivity contribution in [2.75, 3.05) is 5.32 Å². The Morgan fingerprint density at radius 3 is 2.55 bits per heavy atom. The second kappa shape index (κ2) is 4.74. The molecule has 1 aliphatic rings. The van der Waals surface area contributed by atoms with E-state index in [2.05, 4.69) is 5.32 Å². The molecule has 4 heteroatoms. The number of amides is 1. The molecule has 0 saturated heterocycles. The molecule has 1 heterocycles. The van der Waals surface area contributed by atoms with Crippen LogP contribution in [0.3, 0.4) is 0 Å². The Labute approximate surface area is 114 Å². The van der Waals surface area contributed by atoms with Crippen LogP contribution in [-0.4, -0.2) is 11.7 Å². The van der Waals surface area contributed by atoms with E-state index in [4.69, 9.17) is 0 Å². The van der Waals surface area contributed by atoms with Gasteiger partial charge in [-0.05, 0) is 24.3 Å². The molecule has 0 aromatic heterocycles. The molecule has 0 saturated carbocycles. The molecule has 0 bridgehead atoms. The predicted octanol–water partition coefficient (Wildman–Crippen LogP) is 3.04. The lowest BCUT2D eigenvalue weighted by Gasteiger charge is -1.99. The van der Waals surface area contributed by atoms with Gasteiger partial charge in [0.25, 0.3) is 5.91 Å². The zero-order chi connectivity index (χ0) is 14.1. The van der Waals surface area contributed by atoms with Crippen LogP contribution >= 0.6 is 0 Å². The highest BCUT2D eigenvalue weighted by Gasteiger charge is 2.24. The highest BCUT2D eigenvalue weighted by Crippen LogP contribution is 2.31. The second-order valence-electron chi connectivity index (χ2n) is 4.40. The molecule has 3 rings (SSSR count). The Morgan fingerprint density at radius 1 is 1.05 bits per heavy atom. The van der Waals surface area contributed by atoms with Gasteiger partial charge in [0.2, 0.25) is 0 Å². The molecular weight excluding hydrogens is 257 g/mol.